The van der Waals surface area contributed by atoms with Crippen molar-refractivity contribution in [1.82, 2.24) is 0 Å². The van der Waals surface area contributed by atoms with Crippen LogP contribution < -0.4 is 4.40 Å². The van der Waals surface area contributed by atoms with Gasteiger partial charge in [0.05, 0.1) is 10.7 Å². The molecule has 1 aliphatic rings. The number of carbonyl (C=O) groups excluding carboxylic acids is 2. The van der Waals surface area contributed by atoms with E-state index in [0.29, 0.717) is 5.56 Å². The van der Waals surface area contributed by atoms with Gasteiger partial charge in [0.25, 0.3) is 0 Å². The van der Waals surface area contributed by atoms with Crippen molar-refractivity contribution in [2.75, 3.05) is 0 Å². The molecule has 2 aromatic heterocycles. The van der Waals surface area contributed by atoms with E-state index in [9.17, 15) is 9.59 Å². The summed E-state index contributed by atoms with van der Waals surface area (Å²) >= 11 is 0. The summed E-state index contributed by atoms with van der Waals surface area (Å²) in [6.45, 7) is 0. The molecule has 3 aromatic rings. The normalized spacial score (nSPS) is 12.7. The van der Waals surface area contributed by atoms with E-state index in [1.807, 2.05) is 65.2 Å². The maximum atomic E-state index is 12.2. The highest BCUT2D eigenvalue weighted by Gasteiger charge is 2.29. The largest absolute Gasteiger partial charge is 0.356 e. The number of aromatic nitrogens is 1. The van der Waals surface area contributed by atoms with Crippen LogP contribution in [-0.2, 0) is 4.79 Å². The summed E-state index contributed by atoms with van der Waals surface area (Å²) in [6, 6.07) is 17.4. The van der Waals surface area contributed by atoms with E-state index in [0.717, 1.165) is 22.2 Å². The van der Waals surface area contributed by atoms with Gasteiger partial charge in [0.1, 0.15) is 0 Å². The molecule has 26 heavy (non-hydrogen) atoms. The summed E-state index contributed by atoms with van der Waals surface area (Å²) < 4.78 is 1.86. The van der Waals surface area contributed by atoms with E-state index in [-0.39, 0.29) is 0 Å². The summed E-state index contributed by atoms with van der Waals surface area (Å²) in [5.41, 5.74) is 3.97. The van der Waals surface area contributed by atoms with Crippen molar-refractivity contribution >= 4 is 22.7 Å². The van der Waals surface area contributed by atoms with Crippen LogP contribution in [0.5, 0.6) is 0 Å². The first kappa shape index (κ1) is 17.0. The highest BCUT2D eigenvalue weighted by Crippen LogP contribution is 2.30. The molecule has 0 saturated carbocycles. The number of ketones is 2. The second-order valence-electron chi connectivity index (χ2n) is 5.47. The third-order valence-corrected chi connectivity index (χ3v) is 3.89. The van der Waals surface area contributed by atoms with Gasteiger partial charge in [-0.2, -0.15) is 4.40 Å². The van der Waals surface area contributed by atoms with Crippen molar-refractivity contribution in [3.8, 4) is 0 Å². The Hall–Kier alpha value is -3.87. The molecule has 2 heterocycles. The van der Waals surface area contributed by atoms with Gasteiger partial charge in [-0.05, 0) is 23.3 Å². The van der Waals surface area contributed by atoms with Crippen molar-refractivity contribution in [2.45, 2.75) is 0 Å². The first-order valence-electron chi connectivity index (χ1n) is 7.59. The summed E-state index contributed by atoms with van der Waals surface area (Å²) in [7, 11) is 0. The maximum Gasteiger partial charge on any atom is 0.239 e. The quantitative estimate of drug-likeness (QED) is 0.291. The summed E-state index contributed by atoms with van der Waals surface area (Å²) in [5.74, 6) is -0.921. The van der Waals surface area contributed by atoms with Crippen LogP contribution in [-0.4, -0.2) is 16.7 Å². The zero-order valence-corrected chi connectivity index (χ0v) is 13.4. The lowest BCUT2D eigenvalue weighted by atomic mass is 9.86. The zero-order chi connectivity index (χ0) is 18.7. The predicted octanol–water partition coefficient (Wildman–Crippen LogP) is 2.38. The molecule has 7 heteroatoms. The number of rotatable bonds is 1. The predicted molar refractivity (Wildman–Crippen MR) is 92.8 cm³/mol. The van der Waals surface area contributed by atoms with Gasteiger partial charge in [0.2, 0.25) is 17.1 Å². The molecule has 0 fully saturated rings. The topological polar surface area (TPSA) is 104 Å². The number of fused-ring (bicyclic) bond motifs is 2. The maximum absolute atomic E-state index is 12.2. The molecule has 1 aliphatic carbocycles. The Morgan fingerprint density at radius 3 is 2.23 bits per heavy atom. The lowest BCUT2D eigenvalue weighted by molar-refractivity contribution is -0.512. The molecule has 128 valence electrons. The lowest BCUT2D eigenvalue weighted by Crippen LogP contribution is -2.27. The summed E-state index contributed by atoms with van der Waals surface area (Å²) in [4.78, 5) is 32.5. The fraction of sp³-hybridized carbons (Fsp3) is 0. The molecular weight excluding hydrogens is 336 g/mol. The molecule has 0 aliphatic heterocycles. The van der Waals surface area contributed by atoms with Gasteiger partial charge in [-0.1, -0.05) is 30.3 Å². The molecule has 0 unspecified atom stereocenters. The van der Waals surface area contributed by atoms with Crippen LogP contribution in [0.1, 0.15) is 21.5 Å². The number of pyridine rings is 2. The number of hydrogen-bond donors (Lipinski definition) is 0. The van der Waals surface area contributed by atoms with Crippen molar-refractivity contribution in [1.29, 1.82) is 0 Å². The summed E-state index contributed by atoms with van der Waals surface area (Å²) in [5, 5.41) is 14.8. The van der Waals surface area contributed by atoms with Gasteiger partial charge in [-0.15, -0.1) is 0 Å². The number of Topliss-reactive ketones (excluding diaryl/α,β-unsaturated/α-hetero) is 1. The Kier molecular flexibility index (Phi) is 4.53. The van der Waals surface area contributed by atoms with Crippen LogP contribution in [0.2, 0.25) is 0 Å². The molecule has 4 rings (SSSR count). The van der Waals surface area contributed by atoms with Gasteiger partial charge in [0.15, 0.2) is 12.4 Å². The van der Waals surface area contributed by atoms with E-state index in [1.165, 1.54) is 6.08 Å². The Labute approximate surface area is 147 Å². The summed E-state index contributed by atoms with van der Waals surface area (Å²) in [6.07, 6.45) is 5.05. The molecule has 0 N–H and O–H groups in total. The second-order valence-corrected chi connectivity index (χ2v) is 5.47. The molecule has 0 spiro atoms. The average molecular weight is 348 g/mol. The van der Waals surface area contributed by atoms with Crippen LogP contribution in [0, 0.1) is 15.3 Å². The van der Waals surface area contributed by atoms with Crippen LogP contribution in [0.25, 0.3) is 11.1 Å². The number of nitrogens with zero attached hydrogens (tertiary/aromatic N) is 2. The molecule has 0 atom stereocenters. The second kappa shape index (κ2) is 6.94. The van der Waals surface area contributed by atoms with E-state index in [2.05, 4.69) is 0 Å². The molecule has 0 saturated heterocycles. The number of allylic oxidation sites excluding steroid dienone is 1. The highest BCUT2D eigenvalue weighted by molar-refractivity contribution is 6.50. The first-order valence-corrected chi connectivity index (χ1v) is 7.59. The number of benzene rings is 1. The van der Waals surface area contributed by atoms with E-state index < -0.39 is 16.7 Å². The first-order chi connectivity index (χ1) is 12.5. The van der Waals surface area contributed by atoms with Gasteiger partial charge in [0, 0.05) is 23.8 Å². The van der Waals surface area contributed by atoms with Crippen molar-refractivity contribution in [3.05, 3.63) is 105 Å². The average Bonchev–Trinajstić information content (AvgIpc) is 2.64. The van der Waals surface area contributed by atoms with Crippen LogP contribution in [0.15, 0.2) is 73.1 Å². The monoisotopic (exact) mass is 348 g/mol. The smallest absolute Gasteiger partial charge is 0.239 e. The standard InChI is InChI=1S/C19H12NO2.NO3/c21-18-11-15(13-6-2-1-3-7-13)16-10-14-8-4-5-9-20(14)12-17(16)19(18)22;2-1(3)4/h1-12H;/q+1;-1. The molecule has 0 bridgehead atoms. The lowest BCUT2D eigenvalue weighted by Gasteiger charge is -2.15. The Bertz CT molecular complexity index is 1050. The van der Waals surface area contributed by atoms with E-state index >= 15 is 0 Å². The third-order valence-electron chi connectivity index (χ3n) is 3.89. The highest BCUT2D eigenvalue weighted by atomic mass is 16.9. The van der Waals surface area contributed by atoms with Gasteiger partial charge in [-0.3, -0.25) is 9.59 Å². The third kappa shape index (κ3) is 3.32. The molecule has 0 amide bonds. The Balaban J connectivity index is 0.000000447. The molecular formula is C19H12N2O5. The van der Waals surface area contributed by atoms with Crippen molar-refractivity contribution < 1.29 is 19.1 Å². The fourth-order valence-electron chi connectivity index (χ4n) is 2.81. The van der Waals surface area contributed by atoms with Gasteiger partial charge < -0.3 is 15.3 Å². The zero-order valence-electron chi connectivity index (χ0n) is 13.4. The van der Waals surface area contributed by atoms with E-state index in [1.54, 1.807) is 6.20 Å². The number of carbonyl (C=O) groups is 2. The fourth-order valence-corrected chi connectivity index (χ4v) is 2.81. The van der Waals surface area contributed by atoms with Crippen molar-refractivity contribution in [3.63, 3.8) is 0 Å². The Morgan fingerprint density at radius 2 is 1.54 bits per heavy atom. The van der Waals surface area contributed by atoms with Crippen molar-refractivity contribution in [2.24, 2.45) is 0 Å². The molecule has 0 radical (unpaired) electrons. The molecule has 1 aromatic carbocycles. The number of hydrogen-bond acceptors (Lipinski definition) is 5. The Morgan fingerprint density at radius 1 is 0.885 bits per heavy atom. The van der Waals surface area contributed by atoms with E-state index in [4.69, 9.17) is 15.3 Å². The van der Waals surface area contributed by atoms with Crippen LogP contribution in [0.4, 0.5) is 0 Å². The van der Waals surface area contributed by atoms with Crippen LogP contribution >= 0.6 is 0 Å². The van der Waals surface area contributed by atoms with Crippen LogP contribution in [0.3, 0.4) is 0 Å². The minimum absolute atomic E-state index is 0.451. The SMILES string of the molecule is O=C1C=C(c2ccccc2)c2cc3cccc[n+]3cc2C1=O.O=[N+]([O-])[O-]. The minimum Gasteiger partial charge on any atom is -0.356 e. The van der Waals surface area contributed by atoms with Gasteiger partial charge >= 0.3 is 0 Å². The minimum atomic E-state index is -1.75. The molecule has 7 nitrogen and oxygen atoms in total. The van der Waals surface area contributed by atoms with Gasteiger partial charge in [-0.25, -0.2) is 0 Å².